The summed E-state index contributed by atoms with van der Waals surface area (Å²) in [5, 5.41) is 5.90. The van der Waals surface area contributed by atoms with Crippen molar-refractivity contribution >= 4 is 11.7 Å². The summed E-state index contributed by atoms with van der Waals surface area (Å²) in [6.07, 6.45) is 3.07. The number of hydrogen-bond donors (Lipinski definition) is 2. The molecule has 1 amide bonds. The molecule has 2 N–H and O–H groups in total. The lowest BCUT2D eigenvalue weighted by molar-refractivity contribution is 0.0939. The molecular formula is C13H22N4O. The highest BCUT2D eigenvalue weighted by atomic mass is 16.1. The Balaban J connectivity index is 2.51. The summed E-state index contributed by atoms with van der Waals surface area (Å²) in [5.74, 6) is 1.51. The Morgan fingerprint density at radius 2 is 2.00 bits per heavy atom. The molecule has 1 aromatic rings. The Labute approximate surface area is 108 Å². The van der Waals surface area contributed by atoms with Crippen LogP contribution in [0.15, 0.2) is 12.4 Å². The van der Waals surface area contributed by atoms with E-state index in [0.717, 1.165) is 6.54 Å². The van der Waals surface area contributed by atoms with Crippen LogP contribution in [0.2, 0.25) is 0 Å². The second-order valence-corrected chi connectivity index (χ2v) is 4.75. The molecule has 5 heteroatoms. The van der Waals surface area contributed by atoms with Crippen molar-refractivity contribution in [3.05, 3.63) is 18.1 Å². The van der Waals surface area contributed by atoms with Crippen LogP contribution in [0.4, 0.5) is 5.82 Å². The van der Waals surface area contributed by atoms with Gasteiger partial charge in [-0.15, -0.1) is 0 Å². The number of nitrogens with one attached hydrogen (secondary N) is 2. The summed E-state index contributed by atoms with van der Waals surface area (Å²) >= 11 is 0. The topological polar surface area (TPSA) is 66.9 Å². The van der Waals surface area contributed by atoms with Gasteiger partial charge in [0.25, 0.3) is 5.91 Å². The first-order valence-corrected chi connectivity index (χ1v) is 6.38. The van der Waals surface area contributed by atoms with Crippen molar-refractivity contribution in [1.82, 2.24) is 15.3 Å². The van der Waals surface area contributed by atoms with E-state index in [4.69, 9.17) is 0 Å². The van der Waals surface area contributed by atoms with Gasteiger partial charge >= 0.3 is 0 Å². The summed E-state index contributed by atoms with van der Waals surface area (Å²) in [6, 6.07) is 0. The number of carbonyl (C=O) groups excluding carboxylic acids is 1. The first-order valence-electron chi connectivity index (χ1n) is 6.38. The molecule has 0 saturated heterocycles. The molecule has 1 unspecified atom stereocenters. The summed E-state index contributed by atoms with van der Waals surface area (Å²) < 4.78 is 0. The molecule has 18 heavy (non-hydrogen) atoms. The largest absolute Gasteiger partial charge is 0.369 e. The standard InChI is InChI=1S/C13H22N4O/c1-5-14-12-8-15-11(7-16-12)13(18)17-6-10(4)9(2)3/h7-10H,5-6H2,1-4H3,(H,14,16)(H,17,18). The fraction of sp³-hybridized carbons (Fsp3) is 0.615. The van der Waals surface area contributed by atoms with Gasteiger partial charge in [-0.1, -0.05) is 20.8 Å². The lowest BCUT2D eigenvalue weighted by Crippen LogP contribution is -2.30. The van der Waals surface area contributed by atoms with Gasteiger partial charge in [0, 0.05) is 13.1 Å². The van der Waals surface area contributed by atoms with E-state index in [1.807, 2.05) is 6.92 Å². The first kappa shape index (κ1) is 14.4. The average molecular weight is 250 g/mol. The van der Waals surface area contributed by atoms with E-state index in [9.17, 15) is 4.79 Å². The van der Waals surface area contributed by atoms with Crippen molar-refractivity contribution in [2.24, 2.45) is 11.8 Å². The number of hydrogen-bond acceptors (Lipinski definition) is 4. The minimum absolute atomic E-state index is 0.168. The molecule has 0 bridgehead atoms. The zero-order chi connectivity index (χ0) is 13.5. The van der Waals surface area contributed by atoms with Gasteiger partial charge in [-0.25, -0.2) is 9.97 Å². The number of aromatic nitrogens is 2. The molecule has 0 aliphatic rings. The van der Waals surface area contributed by atoms with Crippen LogP contribution in [0.3, 0.4) is 0 Å². The van der Waals surface area contributed by atoms with Crippen LogP contribution in [0.25, 0.3) is 0 Å². The van der Waals surface area contributed by atoms with E-state index in [2.05, 4.69) is 41.4 Å². The second kappa shape index (κ2) is 6.93. The summed E-state index contributed by atoms with van der Waals surface area (Å²) in [6.45, 7) is 9.82. The third kappa shape index (κ3) is 4.31. The molecule has 0 aromatic carbocycles. The van der Waals surface area contributed by atoms with Gasteiger partial charge in [0.05, 0.1) is 12.4 Å². The van der Waals surface area contributed by atoms with Crippen molar-refractivity contribution in [3.63, 3.8) is 0 Å². The number of carbonyl (C=O) groups is 1. The van der Waals surface area contributed by atoms with Crippen molar-refractivity contribution in [1.29, 1.82) is 0 Å². The molecule has 1 heterocycles. The normalized spacial score (nSPS) is 12.3. The zero-order valence-electron chi connectivity index (χ0n) is 11.5. The maximum atomic E-state index is 11.8. The van der Waals surface area contributed by atoms with E-state index >= 15 is 0 Å². The summed E-state index contributed by atoms with van der Waals surface area (Å²) in [5.41, 5.74) is 0.354. The van der Waals surface area contributed by atoms with Gasteiger partial charge in [0.2, 0.25) is 0 Å². The third-order valence-corrected chi connectivity index (χ3v) is 2.97. The number of rotatable bonds is 6. The van der Waals surface area contributed by atoms with Gasteiger partial charge in [0.15, 0.2) is 0 Å². The van der Waals surface area contributed by atoms with Crippen LogP contribution < -0.4 is 10.6 Å². The van der Waals surface area contributed by atoms with Crippen molar-refractivity contribution in [2.75, 3.05) is 18.4 Å². The van der Waals surface area contributed by atoms with Gasteiger partial charge in [-0.2, -0.15) is 0 Å². The second-order valence-electron chi connectivity index (χ2n) is 4.75. The fourth-order valence-electron chi connectivity index (χ4n) is 1.30. The number of nitrogens with zero attached hydrogens (tertiary/aromatic N) is 2. The molecule has 0 saturated carbocycles. The smallest absolute Gasteiger partial charge is 0.271 e. The quantitative estimate of drug-likeness (QED) is 0.809. The molecule has 1 atom stereocenters. The highest BCUT2D eigenvalue weighted by Crippen LogP contribution is 2.08. The SMILES string of the molecule is CCNc1cnc(C(=O)NCC(C)C(C)C)cn1. The maximum Gasteiger partial charge on any atom is 0.271 e. The Kier molecular flexibility index (Phi) is 5.55. The first-order chi connectivity index (χ1) is 8.54. The lowest BCUT2D eigenvalue weighted by Gasteiger charge is -2.15. The molecule has 0 aliphatic carbocycles. The summed E-state index contributed by atoms with van der Waals surface area (Å²) in [7, 11) is 0. The molecular weight excluding hydrogens is 228 g/mol. The van der Waals surface area contributed by atoms with Crippen LogP contribution in [0, 0.1) is 11.8 Å². The van der Waals surface area contributed by atoms with E-state index in [1.54, 1.807) is 6.20 Å². The van der Waals surface area contributed by atoms with Crippen LogP contribution in [-0.2, 0) is 0 Å². The predicted molar refractivity (Wildman–Crippen MR) is 72.5 cm³/mol. The van der Waals surface area contributed by atoms with Crippen molar-refractivity contribution in [3.8, 4) is 0 Å². The van der Waals surface area contributed by atoms with Crippen LogP contribution in [0.5, 0.6) is 0 Å². The Morgan fingerprint density at radius 1 is 1.28 bits per heavy atom. The zero-order valence-corrected chi connectivity index (χ0v) is 11.5. The number of anilines is 1. The van der Waals surface area contributed by atoms with Crippen molar-refractivity contribution < 1.29 is 4.79 Å². The van der Waals surface area contributed by atoms with Gasteiger partial charge in [-0.05, 0) is 18.8 Å². The van der Waals surface area contributed by atoms with Gasteiger partial charge < -0.3 is 10.6 Å². The van der Waals surface area contributed by atoms with Crippen molar-refractivity contribution in [2.45, 2.75) is 27.7 Å². The molecule has 5 nitrogen and oxygen atoms in total. The fourth-order valence-corrected chi connectivity index (χ4v) is 1.30. The van der Waals surface area contributed by atoms with Crippen LogP contribution in [0.1, 0.15) is 38.2 Å². The predicted octanol–water partition coefficient (Wildman–Crippen LogP) is 1.93. The third-order valence-electron chi connectivity index (χ3n) is 2.97. The molecule has 0 fully saturated rings. The highest BCUT2D eigenvalue weighted by Gasteiger charge is 2.11. The average Bonchev–Trinajstić information content (AvgIpc) is 2.36. The van der Waals surface area contributed by atoms with Gasteiger partial charge in [-0.3, -0.25) is 4.79 Å². The van der Waals surface area contributed by atoms with E-state index in [1.165, 1.54) is 6.20 Å². The van der Waals surface area contributed by atoms with E-state index < -0.39 is 0 Å². The highest BCUT2D eigenvalue weighted by molar-refractivity contribution is 5.91. The Morgan fingerprint density at radius 3 is 2.50 bits per heavy atom. The molecule has 1 aromatic heterocycles. The lowest BCUT2D eigenvalue weighted by atomic mass is 9.98. The Hall–Kier alpha value is -1.65. The molecule has 1 rings (SSSR count). The number of amides is 1. The molecule has 0 aliphatic heterocycles. The minimum atomic E-state index is -0.168. The van der Waals surface area contributed by atoms with E-state index in [0.29, 0.717) is 29.9 Å². The molecule has 0 radical (unpaired) electrons. The Bertz CT molecular complexity index is 375. The van der Waals surface area contributed by atoms with Gasteiger partial charge in [0.1, 0.15) is 11.5 Å². The molecule has 100 valence electrons. The molecule has 0 spiro atoms. The van der Waals surface area contributed by atoms with E-state index in [-0.39, 0.29) is 5.91 Å². The maximum absolute atomic E-state index is 11.8. The minimum Gasteiger partial charge on any atom is -0.369 e. The van der Waals surface area contributed by atoms with Crippen LogP contribution >= 0.6 is 0 Å². The van der Waals surface area contributed by atoms with Crippen LogP contribution in [-0.4, -0.2) is 29.0 Å². The monoisotopic (exact) mass is 250 g/mol. The summed E-state index contributed by atoms with van der Waals surface area (Å²) in [4.78, 5) is 20.0.